The van der Waals surface area contributed by atoms with Gasteiger partial charge in [0.15, 0.2) is 0 Å². The minimum Gasteiger partial charge on any atom is -0.462 e. The highest BCUT2D eigenvalue weighted by Gasteiger charge is 2.37. The van der Waals surface area contributed by atoms with Crippen molar-refractivity contribution in [3.05, 3.63) is 0 Å². The van der Waals surface area contributed by atoms with Gasteiger partial charge in [-0.15, -0.1) is 0 Å². The molecule has 0 aromatic heterocycles. The smallest absolute Gasteiger partial charge is 0.306 e. The lowest BCUT2D eigenvalue weighted by atomic mass is 9.93. The number of fused-ring (bicyclic) bond motifs is 2. The molecule has 2 nitrogen and oxygen atoms in total. The molecule has 1 saturated carbocycles. The quantitative estimate of drug-likeness (QED) is 0.497. The van der Waals surface area contributed by atoms with Crippen LogP contribution in [0.4, 0.5) is 0 Å². The molecule has 0 N–H and O–H groups in total. The summed E-state index contributed by atoms with van der Waals surface area (Å²) in [4.78, 5) is 11.0. The first-order valence-electron chi connectivity index (χ1n) is 4.47. The van der Waals surface area contributed by atoms with E-state index in [1.807, 2.05) is 0 Å². The van der Waals surface area contributed by atoms with Gasteiger partial charge in [-0.05, 0) is 31.1 Å². The van der Waals surface area contributed by atoms with E-state index in [-0.39, 0.29) is 12.1 Å². The van der Waals surface area contributed by atoms with E-state index in [0.29, 0.717) is 12.3 Å². The summed E-state index contributed by atoms with van der Waals surface area (Å²) in [6.07, 6.45) is 4.30. The van der Waals surface area contributed by atoms with Gasteiger partial charge in [0.05, 0.1) is 0 Å². The number of ether oxygens (including phenoxy) is 1. The van der Waals surface area contributed by atoms with Crippen molar-refractivity contribution in [1.29, 1.82) is 0 Å². The summed E-state index contributed by atoms with van der Waals surface area (Å²) in [5.41, 5.74) is 0. The van der Waals surface area contributed by atoms with Gasteiger partial charge in [0.1, 0.15) is 6.10 Å². The van der Waals surface area contributed by atoms with Crippen molar-refractivity contribution in [3.63, 3.8) is 0 Å². The van der Waals surface area contributed by atoms with Crippen molar-refractivity contribution in [1.82, 2.24) is 0 Å². The van der Waals surface area contributed by atoms with Gasteiger partial charge in [-0.3, -0.25) is 4.79 Å². The van der Waals surface area contributed by atoms with Crippen LogP contribution in [-0.4, -0.2) is 12.1 Å². The molecule has 1 heterocycles. The molecule has 0 aromatic carbocycles. The van der Waals surface area contributed by atoms with Gasteiger partial charge in [0, 0.05) is 6.42 Å². The van der Waals surface area contributed by atoms with E-state index in [1.54, 1.807) is 0 Å². The Hall–Kier alpha value is -0.530. The molecule has 0 spiro atoms. The predicted molar refractivity (Wildman–Crippen MR) is 41.0 cm³/mol. The zero-order chi connectivity index (χ0) is 7.84. The van der Waals surface area contributed by atoms with Crippen LogP contribution in [0, 0.1) is 11.8 Å². The van der Waals surface area contributed by atoms with Crippen molar-refractivity contribution in [2.75, 3.05) is 0 Å². The molecular weight excluding hydrogens is 140 g/mol. The first kappa shape index (κ1) is 7.14. The second kappa shape index (κ2) is 2.50. The van der Waals surface area contributed by atoms with E-state index in [2.05, 4.69) is 6.92 Å². The molecular formula is C9H14O2. The topological polar surface area (TPSA) is 26.3 Å². The van der Waals surface area contributed by atoms with E-state index in [1.165, 1.54) is 6.42 Å². The second-order valence-corrected chi connectivity index (χ2v) is 3.76. The summed E-state index contributed by atoms with van der Waals surface area (Å²) in [5.74, 6) is 1.39. The van der Waals surface area contributed by atoms with Crippen molar-refractivity contribution >= 4 is 5.97 Å². The van der Waals surface area contributed by atoms with Crippen molar-refractivity contribution in [2.24, 2.45) is 11.8 Å². The molecule has 0 radical (unpaired) electrons. The fraction of sp³-hybridized carbons (Fsp3) is 0.889. The van der Waals surface area contributed by atoms with Crippen molar-refractivity contribution in [2.45, 2.75) is 38.7 Å². The largest absolute Gasteiger partial charge is 0.462 e. The van der Waals surface area contributed by atoms with Crippen LogP contribution in [0.25, 0.3) is 0 Å². The van der Waals surface area contributed by atoms with Gasteiger partial charge in [0.25, 0.3) is 0 Å². The van der Waals surface area contributed by atoms with Gasteiger partial charge in [0.2, 0.25) is 0 Å². The Bertz CT molecular complexity index is 176. The molecule has 1 aliphatic carbocycles. The molecule has 2 bridgehead atoms. The third kappa shape index (κ3) is 1.15. The number of hydrogen-bond donors (Lipinski definition) is 0. The van der Waals surface area contributed by atoms with Gasteiger partial charge in [-0.1, -0.05) is 6.92 Å². The SMILES string of the molecule is C[C@H]1[C@@H]2CCC(=O)O[C@H]1CC2. The second-order valence-electron chi connectivity index (χ2n) is 3.76. The highest BCUT2D eigenvalue weighted by atomic mass is 16.5. The number of esters is 1. The Morgan fingerprint density at radius 3 is 3.00 bits per heavy atom. The molecule has 2 rings (SSSR count). The molecule has 2 fully saturated rings. The van der Waals surface area contributed by atoms with Gasteiger partial charge >= 0.3 is 5.97 Å². The first-order valence-corrected chi connectivity index (χ1v) is 4.47. The third-order valence-electron chi connectivity index (χ3n) is 3.15. The van der Waals surface area contributed by atoms with Crippen molar-refractivity contribution in [3.8, 4) is 0 Å². The summed E-state index contributed by atoms with van der Waals surface area (Å²) in [6, 6.07) is 0. The van der Waals surface area contributed by atoms with Crippen LogP contribution in [0.5, 0.6) is 0 Å². The molecule has 0 amide bonds. The zero-order valence-electron chi connectivity index (χ0n) is 6.88. The first-order chi connectivity index (χ1) is 5.27. The maximum atomic E-state index is 11.0. The van der Waals surface area contributed by atoms with Crippen LogP contribution >= 0.6 is 0 Å². The fourth-order valence-corrected chi connectivity index (χ4v) is 2.31. The number of hydrogen-bond acceptors (Lipinski definition) is 2. The van der Waals surface area contributed by atoms with Crippen LogP contribution in [0.2, 0.25) is 0 Å². The fourth-order valence-electron chi connectivity index (χ4n) is 2.31. The Morgan fingerprint density at radius 2 is 2.18 bits per heavy atom. The van der Waals surface area contributed by atoms with Crippen molar-refractivity contribution < 1.29 is 9.53 Å². The molecule has 3 atom stereocenters. The minimum absolute atomic E-state index is 0.0176. The molecule has 62 valence electrons. The summed E-state index contributed by atoms with van der Waals surface area (Å²) < 4.78 is 5.28. The lowest BCUT2D eigenvalue weighted by Gasteiger charge is -2.15. The maximum Gasteiger partial charge on any atom is 0.306 e. The number of rotatable bonds is 0. The average molecular weight is 154 g/mol. The van der Waals surface area contributed by atoms with Crippen LogP contribution in [0.15, 0.2) is 0 Å². The maximum absolute atomic E-state index is 11.0. The summed E-state index contributed by atoms with van der Waals surface area (Å²) in [5, 5.41) is 0. The highest BCUT2D eigenvalue weighted by Crippen LogP contribution is 2.39. The summed E-state index contributed by atoms with van der Waals surface area (Å²) >= 11 is 0. The lowest BCUT2D eigenvalue weighted by molar-refractivity contribution is -0.149. The lowest BCUT2D eigenvalue weighted by Crippen LogP contribution is -2.18. The van der Waals surface area contributed by atoms with E-state index in [4.69, 9.17) is 4.74 Å². The van der Waals surface area contributed by atoms with Crippen LogP contribution in [-0.2, 0) is 9.53 Å². The summed E-state index contributed by atoms with van der Waals surface area (Å²) in [6.45, 7) is 2.21. The summed E-state index contributed by atoms with van der Waals surface area (Å²) in [7, 11) is 0. The Labute approximate surface area is 66.9 Å². The standard InChI is InChI=1S/C9H14O2/c1-6-7-2-4-8(6)11-9(10)5-3-7/h6-8H,2-5H2,1H3/t6-,7-,8-/m0/s1. The minimum atomic E-state index is 0.0176. The number of carbonyl (C=O) groups is 1. The van der Waals surface area contributed by atoms with Crippen LogP contribution < -0.4 is 0 Å². The molecule has 11 heavy (non-hydrogen) atoms. The molecule has 0 aromatic rings. The Kier molecular flexibility index (Phi) is 1.63. The van der Waals surface area contributed by atoms with E-state index < -0.39 is 0 Å². The molecule has 2 heteroatoms. The Balaban J connectivity index is 2.13. The van der Waals surface area contributed by atoms with E-state index in [0.717, 1.165) is 18.8 Å². The average Bonchev–Trinajstić information content (AvgIpc) is 2.20. The molecule has 0 unspecified atom stereocenters. The molecule has 1 aliphatic heterocycles. The van der Waals surface area contributed by atoms with Gasteiger partial charge in [-0.25, -0.2) is 0 Å². The van der Waals surface area contributed by atoms with Crippen LogP contribution in [0.1, 0.15) is 32.6 Å². The monoisotopic (exact) mass is 154 g/mol. The molecule has 1 saturated heterocycles. The van der Waals surface area contributed by atoms with Gasteiger partial charge in [-0.2, -0.15) is 0 Å². The number of carbonyl (C=O) groups excluding carboxylic acids is 1. The predicted octanol–water partition coefficient (Wildman–Crippen LogP) is 1.74. The highest BCUT2D eigenvalue weighted by molar-refractivity contribution is 5.70. The normalized spacial score (nSPS) is 43.4. The Morgan fingerprint density at radius 1 is 1.36 bits per heavy atom. The van der Waals surface area contributed by atoms with Gasteiger partial charge < -0.3 is 4.74 Å². The molecule has 2 aliphatic rings. The van der Waals surface area contributed by atoms with Crippen LogP contribution in [0.3, 0.4) is 0 Å². The zero-order valence-corrected chi connectivity index (χ0v) is 6.88. The third-order valence-corrected chi connectivity index (χ3v) is 3.15. The van der Waals surface area contributed by atoms with E-state index >= 15 is 0 Å². The van der Waals surface area contributed by atoms with E-state index in [9.17, 15) is 4.79 Å².